The number of nitrogens with zero attached hydrogens (tertiary/aromatic N) is 4. The lowest BCUT2D eigenvalue weighted by Gasteiger charge is -2.37. The average Bonchev–Trinajstić information content (AvgIpc) is 3.20. The largest absolute Gasteiger partial charge is 0.264 e. The van der Waals surface area contributed by atoms with Gasteiger partial charge < -0.3 is 0 Å². The van der Waals surface area contributed by atoms with E-state index in [0.29, 0.717) is 0 Å². The Labute approximate surface area is 286 Å². The first-order chi connectivity index (χ1) is 24.3. The Balaban J connectivity index is 1.35. The molecule has 8 aromatic rings. The minimum atomic E-state index is -0.637. The Hall–Kier alpha value is -6.52. The van der Waals surface area contributed by atoms with Crippen molar-refractivity contribution in [3.63, 3.8) is 0 Å². The van der Waals surface area contributed by atoms with Crippen LogP contribution in [-0.2, 0) is 5.41 Å². The summed E-state index contributed by atoms with van der Waals surface area (Å²) in [5.41, 5.74) is 12.8. The molecular formula is C45H32N4. The fourth-order valence-electron chi connectivity index (χ4n) is 6.78. The summed E-state index contributed by atoms with van der Waals surface area (Å²) in [5.74, 6) is 0. The molecule has 0 radical (unpaired) electrons. The van der Waals surface area contributed by atoms with E-state index in [1.54, 1.807) is 0 Å². The van der Waals surface area contributed by atoms with Gasteiger partial charge in [-0.05, 0) is 91.0 Å². The van der Waals surface area contributed by atoms with Gasteiger partial charge in [0.2, 0.25) is 0 Å². The van der Waals surface area contributed by atoms with Crippen molar-refractivity contribution in [2.75, 3.05) is 0 Å². The van der Waals surface area contributed by atoms with Crippen molar-refractivity contribution in [2.24, 2.45) is 0 Å². The van der Waals surface area contributed by atoms with Crippen LogP contribution in [0.1, 0.15) is 22.3 Å². The molecule has 0 saturated carbocycles. The van der Waals surface area contributed by atoms with Crippen molar-refractivity contribution in [1.29, 1.82) is 0 Å². The summed E-state index contributed by atoms with van der Waals surface area (Å²) in [7, 11) is 0. The molecule has 0 saturated heterocycles. The topological polar surface area (TPSA) is 51.6 Å². The Bertz CT molecular complexity index is 1920. The van der Waals surface area contributed by atoms with E-state index in [-0.39, 0.29) is 0 Å². The highest BCUT2D eigenvalue weighted by Crippen LogP contribution is 2.47. The van der Waals surface area contributed by atoms with E-state index in [4.69, 9.17) is 0 Å². The van der Waals surface area contributed by atoms with Crippen LogP contribution in [-0.4, -0.2) is 19.9 Å². The quantitative estimate of drug-likeness (QED) is 0.157. The van der Waals surface area contributed by atoms with Gasteiger partial charge in [-0.15, -0.1) is 0 Å². The molecule has 4 nitrogen and oxygen atoms in total. The molecule has 0 aliphatic rings. The zero-order valence-electron chi connectivity index (χ0n) is 26.8. The monoisotopic (exact) mass is 628 g/mol. The fraction of sp³-hybridized carbons (Fsp3) is 0.0222. The summed E-state index contributed by atoms with van der Waals surface area (Å²) in [4.78, 5) is 17.4. The summed E-state index contributed by atoms with van der Waals surface area (Å²) in [5, 5.41) is 0. The molecule has 0 unspecified atom stereocenters. The molecule has 0 aliphatic carbocycles. The Morgan fingerprint density at radius 2 is 0.469 bits per heavy atom. The maximum absolute atomic E-state index is 4.36. The number of pyridine rings is 4. The number of hydrogen-bond donors (Lipinski definition) is 0. The van der Waals surface area contributed by atoms with Crippen LogP contribution >= 0.6 is 0 Å². The SMILES string of the molecule is c1cncc(-c2ccc(C(c3ccc(-c4cccnc4)cc3)(c3ccc(-c4cccnc4)cc3)c3ccc(-c4cccnc4)cc3)cc2)c1. The van der Waals surface area contributed by atoms with Gasteiger partial charge in [-0.1, -0.05) is 121 Å². The molecule has 4 aromatic heterocycles. The summed E-state index contributed by atoms with van der Waals surface area (Å²) in [6, 6.07) is 52.1. The molecule has 4 aromatic carbocycles. The first-order valence-electron chi connectivity index (χ1n) is 16.3. The van der Waals surface area contributed by atoms with Gasteiger partial charge in [0.15, 0.2) is 0 Å². The Morgan fingerprint density at radius 1 is 0.245 bits per heavy atom. The molecule has 4 heterocycles. The highest BCUT2D eigenvalue weighted by atomic mass is 14.6. The van der Waals surface area contributed by atoms with Gasteiger partial charge in [0.1, 0.15) is 0 Å². The number of benzene rings is 4. The molecule has 0 N–H and O–H groups in total. The normalized spacial score (nSPS) is 11.3. The zero-order valence-corrected chi connectivity index (χ0v) is 26.8. The molecule has 0 atom stereocenters. The Morgan fingerprint density at radius 3 is 0.653 bits per heavy atom. The second kappa shape index (κ2) is 13.3. The average molecular weight is 629 g/mol. The molecule has 4 heteroatoms. The summed E-state index contributed by atoms with van der Waals surface area (Å²) in [6.07, 6.45) is 14.9. The van der Waals surface area contributed by atoms with Gasteiger partial charge in [-0.25, -0.2) is 0 Å². The molecule has 0 bridgehead atoms. The maximum atomic E-state index is 4.36. The fourth-order valence-corrected chi connectivity index (χ4v) is 6.78. The van der Waals surface area contributed by atoms with Gasteiger partial charge in [0.25, 0.3) is 0 Å². The van der Waals surface area contributed by atoms with Crippen LogP contribution in [0.2, 0.25) is 0 Å². The van der Waals surface area contributed by atoms with E-state index >= 15 is 0 Å². The van der Waals surface area contributed by atoms with Crippen molar-refractivity contribution in [3.05, 3.63) is 217 Å². The van der Waals surface area contributed by atoms with E-state index in [0.717, 1.165) is 66.8 Å². The standard InChI is InChI=1S/C45H32N4/c1-5-37(29-46-25-1)33-9-17-41(18-10-33)45(42-19-11-34(12-20-42)38-6-2-26-47-30-38,43-21-13-35(14-22-43)39-7-3-27-48-31-39)44-23-15-36(16-24-44)40-8-4-28-49-32-40/h1-32H. The minimum absolute atomic E-state index is 0.637. The van der Waals surface area contributed by atoms with Crippen LogP contribution in [0.4, 0.5) is 0 Å². The summed E-state index contributed by atoms with van der Waals surface area (Å²) < 4.78 is 0. The van der Waals surface area contributed by atoms with Crippen LogP contribution in [0.15, 0.2) is 195 Å². The lowest BCUT2D eigenvalue weighted by Crippen LogP contribution is -2.31. The van der Waals surface area contributed by atoms with Crippen molar-refractivity contribution in [3.8, 4) is 44.5 Å². The summed E-state index contributed by atoms with van der Waals surface area (Å²) >= 11 is 0. The molecule has 0 spiro atoms. The maximum Gasteiger partial charge on any atom is 0.0701 e. The van der Waals surface area contributed by atoms with Crippen LogP contribution < -0.4 is 0 Å². The third-order valence-corrected chi connectivity index (χ3v) is 9.25. The van der Waals surface area contributed by atoms with Crippen molar-refractivity contribution in [1.82, 2.24) is 19.9 Å². The summed E-state index contributed by atoms with van der Waals surface area (Å²) in [6.45, 7) is 0. The van der Waals surface area contributed by atoms with E-state index in [2.05, 4.69) is 141 Å². The zero-order chi connectivity index (χ0) is 32.9. The van der Waals surface area contributed by atoms with Crippen molar-refractivity contribution in [2.45, 2.75) is 5.41 Å². The molecule has 0 aliphatic heterocycles. The molecule has 0 amide bonds. The highest BCUT2D eigenvalue weighted by Gasteiger charge is 2.38. The number of aromatic nitrogens is 4. The second-order valence-electron chi connectivity index (χ2n) is 12.0. The number of rotatable bonds is 8. The number of hydrogen-bond acceptors (Lipinski definition) is 4. The molecule has 232 valence electrons. The first-order valence-corrected chi connectivity index (χ1v) is 16.3. The van der Waals surface area contributed by atoms with E-state index in [9.17, 15) is 0 Å². The predicted octanol–water partition coefficient (Wildman–Crippen LogP) is 10.3. The second-order valence-corrected chi connectivity index (χ2v) is 12.0. The van der Waals surface area contributed by atoms with Crippen molar-refractivity contribution >= 4 is 0 Å². The van der Waals surface area contributed by atoms with Gasteiger partial charge >= 0.3 is 0 Å². The van der Waals surface area contributed by atoms with Gasteiger partial charge in [0.05, 0.1) is 5.41 Å². The lowest BCUT2D eigenvalue weighted by atomic mass is 9.64. The Kier molecular flexibility index (Phi) is 8.11. The lowest BCUT2D eigenvalue weighted by molar-refractivity contribution is 0.745. The third kappa shape index (κ3) is 5.81. The van der Waals surface area contributed by atoms with Gasteiger partial charge in [0, 0.05) is 49.6 Å². The van der Waals surface area contributed by atoms with Gasteiger partial charge in [-0.3, -0.25) is 19.9 Å². The predicted molar refractivity (Wildman–Crippen MR) is 198 cm³/mol. The minimum Gasteiger partial charge on any atom is -0.264 e. The van der Waals surface area contributed by atoms with E-state index in [1.807, 2.05) is 73.8 Å². The van der Waals surface area contributed by atoms with Crippen LogP contribution in [0.25, 0.3) is 44.5 Å². The first kappa shape index (κ1) is 29.9. The van der Waals surface area contributed by atoms with Crippen molar-refractivity contribution < 1.29 is 0 Å². The molecular weight excluding hydrogens is 597 g/mol. The molecule has 0 fully saturated rings. The van der Waals surface area contributed by atoms with Crippen LogP contribution in [0.3, 0.4) is 0 Å². The van der Waals surface area contributed by atoms with E-state index in [1.165, 1.54) is 0 Å². The van der Waals surface area contributed by atoms with E-state index < -0.39 is 5.41 Å². The smallest absolute Gasteiger partial charge is 0.0701 e. The highest BCUT2D eigenvalue weighted by molar-refractivity contribution is 5.71. The molecule has 8 rings (SSSR count). The molecule has 49 heavy (non-hydrogen) atoms. The van der Waals surface area contributed by atoms with Crippen LogP contribution in [0, 0.1) is 0 Å². The third-order valence-electron chi connectivity index (χ3n) is 9.25. The van der Waals surface area contributed by atoms with Gasteiger partial charge in [-0.2, -0.15) is 0 Å². The van der Waals surface area contributed by atoms with Crippen LogP contribution in [0.5, 0.6) is 0 Å².